The highest BCUT2D eigenvalue weighted by atomic mass is 35.5. The van der Waals surface area contributed by atoms with Gasteiger partial charge in [-0.2, -0.15) is 0 Å². The summed E-state index contributed by atoms with van der Waals surface area (Å²) >= 11 is 23.8. The molecule has 0 N–H and O–H groups in total. The van der Waals surface area contributed by atoms with E-state index >= 15 is 0 Å². The second-order valence-corrected chi connectivity index (χ2v) is 5.85. The third-order valence-electron chi connectivity index (χ3n) is 2.59. The van der Waals surface area contributed by atoms with E-state index in [1.807, 2.05) is 0 Å². The first-order valence-electron chi connectivity index (χ1n) is 6.14. The monoisotopic (exact) mass is 378 g/mol. The highest BCUT2D eigenvalue weighted by Crippen LogP contribution is 2.33. The van der Waals surface area contributed by atoms with Crippen molar-refractivity contribution in [2.75, 3.05) is 13.2 Å². The molecule has 2 aromatic rings. The third kappa shape index (κ3) is 4.43. The Morgan fingerprint density at radius 3 is 1.36 bits per heavy atom. The maximum atomic E-state index is 11.8. The summed E-state index contributed by atoms with van der Waals surface area (Å²) in [5.41, 5.74) is 0. The predicted molar refractivity (Wildman–Crippen MR) is 88.9 cm³/mol. The molecule has 0 fully saturated rings. The average Bonchev–Trinajstić information content (AvgIpc) is 2.46. The van der Waals surface area contributed by atoms with Gasteiger partial charge < -0.3 is 9.47 Å². The first-order valence-corrected chi connectivity index (χ1v) is 7.65. The number of benzene rings is 2. The van der Waals surface area contributed by atoms with Gasteiger partial charge in [-0.25, -0.2) is 0 Å². The van der Waals surface area contributed by atoms with E-state index in [1.165, 1.54) is 0 Å². The van der Waals surface area contributed by atoms with Crippen molar-refractivity contribution in [1.82, 2.24) is 0 Å². The Bertz CT molecular complexity index is 590. The van der Waals surface area contributed by atoms with Gasteiger partial charge in [-0.05, 0) is 24.3 Å². The number of hydrogen-bond acceptors (Lipinski definition) is 3. The zero-order valence-corrected chi connectivity index (χ0v) is 14.1. The van der Waals surface area contributed by atoms with Crippen LogP contribution in [0.25, 0.3) is 0 Å². The van der Waals surface area contributed by atoms with Crippen LogP contribution in [-0.4, -0.2) is 19.0 Å². The van der Waals surface area contributed by atoms with Crippen LogP contribution in [0, 0.1) is 0 Å². The summed E-state index contributed by atoms with van der Waals surface area (Å²) in [5.74, 6) is 0.205. The smallest absolute Gasteiger partial charge is 0.207 e. The highest BCUT2D eigenvalue weighted by molar-refractivity contribution is 6.37. The third-order valence-corrected chi connectivity index (χ3v) is 3.78. The van der Waals surface area contributed by atoms with Crippen LogP contribution < -0.4 is 9.47 Å². The number of hydrogen-bond donors (Lipinski definition) is 0. The molecule has 2 aromatic carbocycles. The molecule has 0 unspecified atom stereocenters. The standard InChI is InChI=1S/C15H10Cl4O3/c16-10-3-1-4-11(17)14(10)21-7-9(20)8-22-15-12(18)5-2-6-13(15)19/h1-6H,7-8H2. The molecular formula is C15H10Cl4O3. The van der Waals surface area contributed by atoms with Crippen molar-refractivity contribution in [3.05, 3.63) is 56.5 Å². The Labute approximate surface area is 147 Å². The van der Waals surface area contributed by atoms with Crippen LogP contribution in [0.2, 0.25) is 20.1 Å². The molecule has 0 aliphatic carbocycles. The minimum Gasteiger partial charge on any atom is -0.483 e. The topological polar surface area (TPSA) is 35.5 Å². The summed E-state index contributed by atoms with van der Waals surface area (Å²) in [7, 11) is 0. The molecule has 0 heterocycles. The molecule has 0 aliphatic heterocycles. The van der Waals surface area contributed by atoms with Gasteiger partial charge in [-0.1, -0.05) is 58.5 Å². The molecule has 22 heavy (non-hydrogen) atoms. The van der Waals surface area contributed by atoms with Crippen molar-refractivity contribution in [2.45, 2.75) is 0 Å². The van der Waals surface area contributed by atoms with Gasteiger partial charge >= 0.3 is 0 Å². The molecule has 0 aromatic heterocycles. The molecule has 0 amide bonds. The molecule has 0 saturated carbocycles. The normalized spacial score (nSPS) is 10.4. The van der Waals surface area contributed by atoms with Crippen molar-refractivity contribution >= 4 is 52.2 Å². The van der Waals surface area contributed by atoms with E-state index in [1.54, 1.807) is 36.4 Å². The zero-order valence-electron chi connectivity index (χ0n) is 11.1. The van der Waals surface area contributed by atoms with Crippen LogP contribution in [0.3, 0.4) is 0 Å². The lowest BCUT2D eigenvalue weighted by Crippen LogP contribution is -2.19. The van der Waals surface area contributed by atoms with Crippen LogP contribution in [-0.2, 0) is 4.79 Å². The van der Waals surface area contributed by atoms with E-state index in [2.05, 4.69) is 0 Å². The van der Waals surface area contributed by atoms with Gasteiger partial charge in [0.15, 0.2) is 24.7 Å². The lowest BCUT2D eigenvalue weighted by Gasteiger charge is -2.11. The number of ether oxygens (including phenoxy) is 2. The van der Waals surface area contributed by atoms with Gasteiger partial charge in [0, 0.05) is 0 Å². The Balaban J connectivity index is 1.91. The Morgan fingerprint density at radius 2 is 1.05 bits per heavy atom. The van der Waals surface area contributed by atoms with Crippen LogP contribution in [0.5, 0.6) is 11.5 Å². The largest absolute Gasteiger partial charge is 0.483 e. The molecule has 3 nitrogen and oxygen atoms in total. The van der Waals surface area contributed by atoms with Crippen molar-refractivity contribution < 1.29 is 14.3 Å². The number of ketones is 1. The number of halogens is 4. The van der Waals surface area contributed by atoms with Crippen LogP contribution in [0.1, 0.15) is 0 Å². The highest BCUT2D eigenvalue weighted by Gasteiger charge is 2.12. The predicted octanol–water partition coefficient (Wildman–Crippen LogP) is 5.33. The van der Waals surface area contributed by atoms with Crippen LogP contribution >= 0.6 is 46.4 Å². The summed E-state index contributed by atoms with van der Waals surface area (Å²) in [6.45, 7) is -0.461. The summed E-state index contributed by atoms with van der Waals surface area (Å²) in [6.07, 6.45) is 0. The molecule has 0 bridgehead atoms. The number of rotatable bonds is 6. The van der Waals surface area contributed by atoms with Crippen LogP contribution in [0.15, 0.2) is 36.4 Å². The molecule has 2 rings (SSSR count). The Hall–Kier alpha value is -1.13. The molecule has 116 valence electrons. The summed E-state index contributed by atoms with van der Waals surface area (Å²) in [4.78, 5) is 11.8. The van der Waals surface area contributed by atoms with Gasteiger partial charge in [0.2, 0.25) is 5.78 Å². The molecular weight excluding hydrogens is 370 g/mol. The second-order valence-electron chi connectivity index (χ2n) is 4.22. The van der Waals surface area contributed by atoms with E-state index in [0.29, 0.717) is 20.1 Å². The van der Waals surface area contributed by atoms with Gasteiger partial charge in [-0.3, -0.25) is 4.79 Å². The fourth-order valence-corrected chi connectivity index (χ4v) is 2.60. The fourth-order valence-electron chi connectivity index (χ4n) is 1.59. The first kappa shape index (κ1) is 17.2. The molecule has 0 spiro atoms. The summed E-state index contributed by atoms with van der Waals surface area (Å²) < 4.78 is 10.6. The lowest BCUT2D eigenvalue weighted by molar-refractivity contribution is -0.123. The quantitative estimate of drug-likeness (QED) is 0.680. The van der Waals surface area contributed by atoms with E-state index < -0.39 is 0 Å². The number of para-hydroxylation sites is 2. The molecule has 7 heteroatoms. The van der Waals surface area contributed by atoms with E-state index in [0.717, 1.165) is 0 Å². The maximum Gasteiger partial charge on any atom is 0.207 e. The number of carbonyl (C=O) groups excluding carboxylic acids is 1. The average molecular weight is 380 g/mol. The second kappa shape index (κ2) is 7.93. The number of Topliss-reactive ketones (excluding diaryl/α,β-unsaturated/α-hetero) is 1. The summed E-state index contributed by atoms with van der Waals surface area (Å²) in [5, 5.41) is 1.32. The molecule has 0 aliphatic rings. The molecule has 0 radical (unpaired) electrons. The first-order chi connectivity index (χ1) is 10.5. The lowest BCUT2D eigenvalue weighted by atomic mass is 10.3. The molecule has 0 saturated heterocycles. The fraction of sp³-hybridized carbons (Fsp3) is 0.133. The number of carbonyl (C=O) groups is 1. The van der Waals surface area contributed by atoms with E-state index in [4.69, 9.17) is 55.9 Å². The maximum absolute atomic E-state index is 11.8. The van der Waals surface area contributed by atoms with E-state index in [-0.39, 0.29) is 30.5 Å². The molecule has 0 atom stereocenters. The SMILES string of the molecule is O=C(COc1c(Cl)cccc1Cl)COc1c(Cl)cccc1Cl. The van der Waals surface area contributed by atoms with E-state index in [9.17, 15) is 4.79 Å². The van der Waals surface area contributed by atoms with Gasteiger partial charge in [-0.15, -0.1) is 0 Å². The summed E-state index contributed by atoms with van der Waals surface area (Å²) in [6, 6.07) is 9.84. The van der Waals surface area contributed by atoms with Crippen molar-refractivity contribution in [2.24, 2.45) is 0 Å². The zero-order chi connectivity index (χ0) is 16.1. The van der Waals surface area contributed by atoms with Crippen molar-refractivity contribution in [3.8, 4) is 11.5 Å². The van der Waals surface area contributed by atoms with Gasteiger partial charge in [0.1, 0.15) is 0 Å². The Kier molecular flexibility index (Phi) is 6.21. The van der Waals surface area contributed by atoms with Gasteiger partial charge in [0.05, 0.1) is 20.1 Å². The van der Waals surface area contributed by atoms with Gasteiger partial charge in [0.25, 0.3) is 0 Å². The van der Waals surface area contributed by atoms with Crippen molar-refractivity contribution in [3.63, 3.8) is 0 Å². The minimum absolute atomic E-state index is 0.231. The minimum atomic E-state index is -0.313. The Morgan fingerprint density at radius 1 is 0.727 bits per heavy atom. The van der Waals surface area contributed by atoms with Crippen molar-refractivity contribution in [1.29, 1.82) is 0 Å². The van der Waals surface area contributed by atoms with Crippen LogP contribution in [0.4, 0.5) is 0 Å².